The highest BCUT2D eigenvalue weighted by molar-refractivity contribution is 5.91. The SMILES string of the molecule is COC(=O)N1CCC(CNC(=O)c2cnccn2)CC1. The summed E-state index contributed by atoms with van der Waals surface area (Å²) in [5.41, 5.74) is 0.319. The van der Waals surface area contributed by atoms with Crippen molar-refractivity contribution in [1.29, 1.82) is 0 Å². The quantitative estimate of drug-likeness (QED) is 0.879. The van der Waals surface area contributed by atoms with E-state index in [1.165, 1.54) is 25.7 Å². The van der Waals surface area contributed by atoms with Crippen LogP contribution in [-0.4, -0.2) is 53.6 Å². The molecule has 1 aromatic rings. The molecule has 7 heteroatoms. The van der Waals surface area contributed by atoms with Gasteiger partial charge in [-0.2, -0.15) is 0 Å². The Morgan fingerprint density at radius 3 is 2.75 bits per heavy atom. The number of rotatable bonds is 3. The summed E-state index contributed by atoms with van der Waals surface area (Å²) in [4.78, 5) is 32.6. The van der Waals surface area contributed by atoms with Gasteiger partial charge in [0.05, 0.1) is 13.3 Å². The Balaban J connectivity index is 1.74. The molecule has 1 fully saturated rings. The second-order valence-electron chi connectivity index (χ2n) is 4.70. The maximum Gasteiger partial charge on any atom is 0.409 e. The molecule has 0 saturated carbocycles. The van der Waals surface area contributed by atoms with Crippen LogP contribution < -0.4 is 5.32 Å². The van der Waals surface area contributed by atoms with E-state index in [2.05, 4.69) is 20.0 Å². The first-order chi connectivity index (χ1) is 9.70. The minimum Gasteiger partial charge on any atom is -0.453 e. The van der Waals surface area contributed by atoms with Crippen molar-refractivity contribution in [3.05, 3.63) is 24.3 Å². The number of hydrogen-bond acceptors (Lipinski definition) is 5. The normalized spacial score (nSPS) is 15.8. The minimum absolute atomic E-state index is 0.214. The summed E-state index contributed by atoms with van der Waals surface area (Å²) >= 11 is 0. The summed E-state index contributed by atoms with van der Waals surface area (Å²) < 4.78 is 4.68. The molecule has 0 radical (unpaired) electrons. The lowest BCUT2D eigenvalue weighted by molar-refractivity contribution is 0.0909. The molecule has 0 unspecified atom stereocenters. The predicted molar refractivity (Wildman–Crippen MR) is 71.1 cm³/mol. The molecule has 2 heterocycles. The van der Waals surface area contributed by atoms with Crippen LogP contribution in [0.1, 0.15) is 23.3 Å². The molecule has 1 N–H and O–H groups in total. The van der Waals surface area contributed by atoms with Crippen molar-refractivity contribution in [2.24, 2.45) is 5.92 Å². The van der Waals surface area contributed by atoms with Crippen LogP contribution in [0.5, 0.6) is 0 Å². The van der Waals surface area contributed by atoms with Crippen molar-refractivity contribution >= 4 is 12.0 Å². The zero-order chi connectivity index (χ0) is 14.4. The molecule has 0 atom stereocenters. The van der Waals surface area contributed by atoms with Gasteiger partial charge in [0.25, 0.3) is 5.91 Å². The van der Waals surface area contributed by atoms with Crippen LogP contribution in [-0.2, 0) is 4.74 Å². The number of carbonyl (C=O) groups is 2. The standard InChI is InChI=1S/C13H18N4O3/c1-20-13(19)17-6-2-10(3-7-17)8-16-12(18)11-9-14-4-5-15-11/h4-5,9-10H,2-3,6-8H2,1H3,(H,16,18). The summed E-state index contributed by atoms with van der Waals surface area (Å²) in [6.07, 6.45) is 5.89. The van der Waals surface area contributed by atoms with Crippen LogP contribution in [0.15, 0.2) is 18.6 Å². The summed E-state index contributed by atoms with van der Waals surface area (Å²) in [5.74, 6) is 0.157. The maximum absolute atomic E-state index is 11.8. The van der Waals surface area contributed by atoms with Crippen molar-refractivity contribution < 1.29 is 14.3 Å². The van der Waals surface area contributed by atoms with Gasteiger partial charge in [-0.1, -0.05) is 0 Å². The number of hydrogen-bond donors (Lipinski definition) is 1. The third kappa shape index (κ3) is 3.66. The Labute approximate surface area is 117 Å². The summed E-state index contributed by atoms with van der Waals surface area (Å²) in [5, 5.41) is 2.85. The number of nitrogens with zero attached hydrogens (tertiary/aromatic N) is 3. The molecule has 1 saturated heterocycles. The molecule has 1 aromatic heterocycles. The van der Waals surface area contributed by atoms with Crippen LogP contribution >= 0.6 is 0 Å². The Hall–Kier alpha value is -2.18. The van der Waals surface area contributed by atoms with Crippen molar-refractivity contribution in [2.45, 2.75) is 12.8 Å². The molecule has 20 heavy (non-hydrogen) atoms. The highest BCUT2D eigenvalue weighted by Crippen LogP contribution is 2.16. The van der Waals surface area contributed by atoms with E-state index in [1.54, 1.807) is 4.90 Å². The monoisotopic (exact) mass is 278 g/mol. The maximum atomic E-state index is 11.8. The average Bonchev–Trinajstić information content (AvgIpc) is 2.53. The van der Waals surface area contributed by atoms with Crippen LogP contribution in [0.4, 0.5) is 4.79 Å². The van der Waals surface area contributed by atoms with Gasteiger partial charge in [0.2, 0.25) is 0 Å². The van der Waals surface area contributed by atoms with Gasteiger partial charge in [-0.25, -0.2) is 9.78 Å². The summed E-state index contributed by atoms with van der Waals surface area (Å²) in [6.45, 7) is 1.92. The molecule has 7 nitrogen and oxygen atoms in total. The van der Waals surface area contributed by atoms with E-state index in [4.69, 9.17) is 0 Å². The molecule has 1 aliphatic rings. The van der Waals surface area contributed by atoms with Gasteiger partial charge in [-0.05, 0) is 18.8 Å². The van der Waals surface area contributed by atoms with Gasteiger partial charge in [-0.3, -0.25) is 9.78 Å². The first kappa shape index (κ1) is 14.2. The molecular weight excluding hydrogens is 260 g/mol. The zero-order valence-corrected chi connectivity index (χ0v) is 11.4. The Morgan fingerprint density at radius 1 is 1.40 bits per heavy atom. The predicted octanol–water partition coefficient (Wildman–Crippen LogP) is 0.685. The Morgan fingerprint density at radius 2 is 2.15 bits per heavy atom. The molecule has 2 amide bonds. The van der Waals surface area contributed by atoms with E-state index < -0.39 is 0 Å². The molecule has 0 aliphatic carbocycles. The van der Waals surface area contributed by atoms with E-state index in [9.17, 15) is 9.59 Å². The highest BCUT2D eigenvalue weighted by atomic mass is 16.5. The first-order valence-electron chi connectivity index (χ1n) is 6.58. The molecule has 1 aliphatic heterocycles. The van der Waals surface area contributed by atoms with E-state index in [0.29, 0.717) is 31.2 Å². The van der Waals surface area contributed by atoms with E-state index in [1.807, 2.05) is 0 Å². The number of carbonyl (C=O) groups excluding carboxylic acids is 2. The number of methoxy groups -OCH3 is 1. The van der Waals surface area contributed by atoms with E-state index in [0.717, 1.165) is 12.8 Å². The fraction of sp³-hybridized carbons (Fsp3) is 0.538. The number of nitrogens with one attached hydrogen (secondary N) is 1. The lowest BCUT2D eigenvalue weighted by Crippen LogP contribution is -2.41. The second kappa shape index (κ2) is 6.83. The first-order valence-corrected chi connectivity index (χ1v) is 6.58. The minimum atomic E-state index is -0.285. The van der Waals surface area contributed by atoms with Crippen molar-refractivity contribution in [3.8, 4) is 0 Å². The largest absolute Gasteiger partial charge is 0.453 e. The van der Waals surface area contributed by atoms with Crippen molar-refractivity contribution in [2.75, 3.05) is 26.7 Å². The van der Waals surface area contributed by atoms with Crippen LogP contribution in [0.2, 0.25) is 0 Å². The molecule has 0 aromatic carbocycles. The van der Waals surface area contributed by atoms with Gasteiger partial charge in [-0.15, -0.1) is 0 Å². The average molecular weight is 278 g/mol. The van der Waals surface area contributed by atoms with Gasteiger partial charge in [0.15, 0.2) is 0 Å². The van der Waals surface area contributed by atoms with Crippen LogP contribution in [0.25, 0.3) is 0 Å². The number of piperidine rings is 1. The molecule has 0 bridgehead atoms. The topological polar surface area (TPSA) is 84.4 Å². The van der Waals surface area contributed by atoms with E-state index in [-0.39, 0.29) is 12.0 Å². The van der Waals surface area contributed by atoms with Gasteiger partial charge >= 0.3 is 6.09 Å². The molecular formula is C13H18N4O3. The Bertz CT molecular complexity index is 458. The van der Waals surface area contributed by atoms with Crippen molar-refractivity contribution in [1.82, 2.24) is 20.2 Å². The smallest absolute Gasteiger partial charge is 0.409 e. The Kier molecular flexibility index (Phi) is 4.86. The van der Waals surface area contributed by atoms with Gasteiger partial charge in [0, 0.05) is 32.0 Å². The van der Waals surface area contributed by atoms with Crippen LogP contribution in [0.3, 0.4) is 0 Å². The molecule has 0 spiro atoms. The number of ether oxygens (including phenoxy) is 1. The van der Waals surface area contributed by atoms with Gasteiger partial charge in [0.1, 0.15) is 5.69 Å². The summed E-state index contributed by atoms with van der Waals surface area (Å²) in [7, 11) is 1.38. The van der Waals surface area contributed by atoms with Gasteiger partial charge < -0.3 is 15.0 Å². The fourth-order valence-corrected chi connectivity index (χ4v) is 2.19. The second-order valence-corrected chi connectivity index (χ2v) is 4.70. The molecule has 108 valence electrons. The highest BCUT2D eigenvalue weighted by Gasteiger charge is 2.23. The number of aromatic nitrogens is 2. The molecule has 2 rings (SSSR count). The van der Waals surface area contributed by atoms with E-state index >= 15 is 0 Å². The third-order valence-corrected chi connectivity index (χ3v) is 3.39. The summed E-state index contributed by atoms with van der Waals surface area (Å²) in [6, 6.07) is 0. The number of likely N-dealkylation sites (tertiary alicyclic amines) is 1. The lowest BCUT2D eigenvalue weighted by atomic mass is 9.97. The van der Waals surface area contributed by atoms with Crippen molar-refractivity contribution in [3.63, 3.8) is 0 Å². The fourth-order valence-electron chi connectivity index (χ4n) is 2.19. The van der Waals surface area contributed by atoms with Crippen LogP contribution in [0, 0.1) is 5.92 Å². The zero-order valence-electron chi connectivity index (χ0n) is 11.4. The lowest BCUT2D eigenvalue weighted by Gasteiger charge is -2.30. The number of amides is 2. The third-order valence-electron chi connectivity index (χ3n) is 3.39.